The average molecular weight is 303 g/mol. The Morgan fingerprint density at radius 2 is 2.00 bits per heavy atom. The summed E-state index contributed by atoms with van der Waals surface area (Å²) in [5.41, 5.74) is 0.261. The fourth-order valence-electron chi connectivity index (χ4n) is 2.06. The predicted octanol–water partition coefficient (Wildman–Crippen LogP) is 2.21. The number of nitrogens with one attached hydrogen (secondary N) is 1. The maximum atomic E-state index is 13.6. The lowest BCUT2D eigenvalue weighted by Crippen LogP contribution is -2.36. The van der Waals surface area contributed by atoms with Gasteiger partial charge < -0.3 is 5.11 Å². The second-order valence-corrected chi connectivity index (χ2v) is 7.71. The number of rotatable bonds is 6. The van der Waals surface area contributed by atoms with Crippen LogP contribution in [0.25, 0.3) is 0 Å². The van der Waals surface area contributed by atoms with Crippen molar-refractivity contribution in [2.24, 2.45) is 5.41 Å². The number of hydrogen-bond acceptors (Lipinski definition) is 3. The minimum absolute atomic E-state index is 0.133. The summed E-state index contributed by atoms with van der Waals surface area (Å²) in [5, 5.41) is 9.38. The van der Waals surface area contributed by atoms with E-state index >= 15 is 0 Å². The van der Waals surface area contributed by atoms with Crippen molar-refractivity contribution in [3.63, 3.8) is 0 Å². The van der Waals surface area contributed by atoms with Crippen LogP contribution in [0.4, 0.5) is 4.39 Å². The monoisotopic (exact) mass is 303 g/mol. The number of aryl methyl sites for hydroxylation is 1. The van der Waals surface area contributed by atoms with E-state index in [-0.39, 0.29) is 11.4 Å². The number of benzene rings is 1. The third-order valence-electron chi connectivity index (χ3n) is 2.96. The smallest absolute Gasteiger partial charge is 0.243 e. The van der Waals surface area contributed by atoms with E-state index in [9.17, 15) is 17.9 Å². The molecule has 1 aromatic carbocycles. The largest absolute Gasteiger partial charge is 0.393 e. The molecule has 0 aliphatic heterocycles. The molecule has 1 aromatic rings. The molecule has 0 saturated heterocycles. The van der Waals surface area contributed by atoms with Crippen LogP contribution in [-0.2, 0) is 10.0 Å². The van der Waals surface area contributed by atoms with Gasteiger partial charge in [0.15, 0.2) is 0 Å². The van der Waals surface area contributed by atoms with Crippen molar-refractivity contribution in [2.45, 2.75) is 45.1 Å². The normalized spacial score (nSPS) is 14.3. The molecule has 0 aliphatic rings. The Bertz CT molecular complexity index is 568. The molecule has 0 heterocycles. The van der Waals surface area contributed by atoms with Crippen LogP contribution in [0.1, 0.15) is 32.8 Å². The fraction of sp³-hybridized carbons (Fsp3) is 0.571. The number of hydrogen-bond donors (Lipinski definition) is 2. The molecule has 0 fully saturated rings. The third kappa shape index (κ3) is 4.85. The van der Waals surface area contributed by atoms with Crippen molar-refractivity contribution >= 4 is 10.0 Å². The van der Waals surface area contributed by atoms with Gasteiger partial charge in [0.2, 0.25) is 10.0 Å². The third-order valence-corrected chi connectivity index (χ3v) is 4.38. The number of sulfonamides is 1. The molecule has 2 N–H and O–H groups in total. The van der Waals surface area contributed by atoms with Gasteiger partial charge in [-0.3, -0.25) is 0 Å². The highest BCUT2D eigenvalue weighted by molar-refractivity contribution is 7.89. The van der Waals surface area contributed by atoms with Crippen LogP contribution in [0.2, 0.25) is 0 Å². The van der Waals surface area contributed by atoms with E-state index in [0.717, 1.165) is 6.07 Å². The maximum absolute atomic E-state index is 13.6. The Kier molecular flexibility index (Phi) is 5.29. The molecule has 0 unspecified atom stereocenters. The Hall–Kier alpha value is -0.980. The summed E-state index contributed by atoms with van der Waals surface area (Å²) >= 11 is 0. The molecule has 0 bridgehead atoms. The Balaban J connectivity index is 2.88. The summed E-state index contributed by atoms with van der Waals surface area (Å²) in [6, 6.07) is 3.97. The van der Waals surface area contributed by atoms with Gasteiger partial charge in [-0.15, -0.1) is 0 Å². The van der Waals surface area contributed by atoms with Crippen molar-refractivity contribution in [3.05, 3.63) is 29.6 Å². The van der Waals surface area contributed by atoms with Gasteiger partial charge in [0, 0.05) is 6.54 Å². The van der Waals surface area contributed by atoms with E-state index in [1.54, 1.807) is 13.8 Å². The van der Waals surface area contributed by atoms with Gasteiger partial charge in [-0.2, -0.15) is 0 Å². The van der Waals surface area contributed by atoms with Crippen LogP contribution in [0.3, 0.4) is 0 Å². The van der Waals surface area contributed by atoms with Gasteiger partial charge in [-0.05, 0) is 43.4 Å². The lowest BCUT2D eigenvalue weighted by Gasteiger charge is -2.26. The Morgan fingerprint density at radius 3 is 2.55 bits per heavy atom. The SMILES string of the molecule is Cc1ccc(F)c(S(=O)(=O)NCC(C)(C)C[C@H](C)O)c1. The van der Waals surface area contributed by atoms with Gasteiger partial charge in [0.1, 0.15) is 10.7 Å². The highest BCUT2D eigenvalue weighted by atomic mass is 32.2. The molecule has 4 nitrogen and oxygen atoms in total. The first kappa shape index (κ1) is 17.1. The molecule has 6 heteroatoms. The second-order valence-electron chi connectivity index (χ2n) is 5.98. The molecule has 0 spiro atoms. The molecule has 20 heavy (non-hydrogen) atoms. The lowest BCUT2D eigenvalue weighted by molar-refractivity contribution is 0.131. The van der Waals surface area contributed by atoms with Crippen LogP contribution in [-0.4, -0.2) is 26.2 Å². The molecule has 0 aliphatic carbocycles. The molecule has 0 amide bonds. The van der Waals surface area contributed by atoms with Crippen molar-refractivity contribution in [1.82, 2.24) is 4.72 Å². The van der Waals surface area contributed by atoms with Crippen molar-refractivity contribution < 1.29 is 17.9 Å². The van der Waals surface area contributed by atoms with Crippen LogP contribution < -0.4 is 4.72 Å². The summed E-state index contributed by atoms with van der Waals surface area (Å²) in [7, 11) is -3.89. The van der Waals surface area contributed by atoms with E-state index in [2.05, 4.69) is 4.72 Å². The van der Waals surface area contributed by atoms with E-state index < -0.39 is 27.4 Å². The molecule has 0 saturated carbocycles. The van der Waals surface area contributed by atoms with Crippen molar-refractivity contribution in [3.8, 4) is 0 Å². The van der Waals surface area contributed by atoms with Gasteiger partial charge in [-0.1, -0.05) is 19.9 Å². The standard InChI is InChI=1S/C14H22FNO3S/c1-10-5-6-12(15)13(7-10)20(18,19)16-9-14(3,4)8-11(2)17/h5-7,11,16-17H,8-9H2,1-4H3/t11-/m0/s1. The van der Waals surface area contributed by atoms with Gasteiger partial charge in [0.25, 0.3) is 0 Å². The summed E-state index contributed by atoms with van der Waals surface area (Å²) in [4.78, 5) is -0.342. The zero-order chi connectivity index (χ0) is 15.6. The van der Waals surface area contributed by atoms with Crippen molar-refractivity contribution in [2.75, 3.05) is 6.54 Å². The quantitative estimate of drug-likeness (QED) is 0.847. The Labute approximate surface area is 120 Å². The molecular formula is C14H22FNO3S. The van der Waals surface area contributed by atoms with E-state index in [0.29, 0.717) is 12.0 Å². The van der Waals surface area contributed by atoms with Gasteiger partial charge in [0.05, 0.1) is 6.10 Å². The minimum atomic E-state index is -3.89. The van der Waals surface area contributed by atoms with Crippen LogP contribution >= 0.6 is 0 Å². The zero-order valence-electron chi connectivity index (χ0n) is 12.3. The second kappa shape index (κ2) is 6.20. The molecule has 114 valence electrons. The maximum Gasteiger partial charge on any atom is 0.243 e. The predicted molar refractivity (Wildman–Crippen MR) is 76.4 cm³/mol. The zero-order valence-corrected chi connectivity index (χ0v) is 13.1. The number of aliphatic hydroxyl groups excluding tert-OH is 1. The summed E-state index contributed by atoms with van der Waals surface area (Å²) in [6.45, 7) is 7.17. The first-order chi connectivity index (χ1) is 9.03. The summed E-state index contributed by atoms with van der Waals surface area (Å²) in [5.74, 6) is -0.767. The number of aliphatic hydroxyl groups is 1. The molecule has 0 radical (unpaired) electrons. The fourth-order valence-corrected chi connectivity index (χ4v) is 3.46. The summed E-state index contributed by atoms with van der Waals surface area (Å²) < 4.78 is 40.3. The minimum Gasteiger partial charge on any atom is -0.393 e. The molecular weight excluding hydrogens is 281 g/mol. The topological polar surface area (TPSA) is 66.4 Å². The number of halogens is 1. The highest BCUT2D eigenvalue weighted by Crippen LogP contribution is 2.23. The average Bonchev–Trinajstić information content (AvgIpc) is 2.28. The molecule has 0 aromatic heterocycles. The van der Waals surface area contributed by atoms with Gasteiger partial charge in [-0.25, -0.2) is 17.5 Å². The Morgan fingerprint density at radius 1 is 1.40 bits per heavy atom. The first-order valence-corrected chi connectivity index (χ1v) is 7.96. The summed E-state index contributed by atoms with van der Waals surface area (Å²) in [6.07, 6.45) is -0.0727. The highest BCUT2D eigenvalue weighted by Gasteiger charge is 2.25. The van der Waals surface area contributed by atoms with E-state index in [4.69, 9.17) is 0 Å². The molecule has 1 rings (SSSR count). The van der Waals surface area contributed by atoms with E-state index in [1.165, 1.54) is 12.1 Å². The van der Waals surface area contributed by atoms with Crippen LogP contribution in [0.15, 0.2) is 23.1 Å². The van der Waals surface area contributed by atoms with Crippen molar-refractivity contribution in [1.29, 1.82) is 0 Å². The van der Waals surface area contributed by atoms with Gasteiger partial charge >= 0.3 is 0 Å². The van der Waals surface area contributed by atoms with Crippen LogP contribution in [0.5, 0.6) is 0 Å². The first-order valence-electron chi connectivity index (χ1n) is 6.47. The lowest BCUT2D eigenvalue weighted by atomic mass is 9.87. The molecule has 1 atom stereocenters. The van der Waals surface area contributed by atoms with E-state index in [1.807, 2.05) is 13.8 Å². The van der Waals surface area contributed by atoms with Crippen LogP contribution in [0, 0.1) is 18.2 Å².